The molecule has 3 N–H and O–H groups in total. The molecule has 1 atom stereocenters. The van der Waals surface area contributed by atoms with Crippen LogP contribution in [0.1, 0.15) is 30.6 Å². The molecule has 0 aromatic carbocycles. The zero-order valence-electron chi connectivity index (χ0n) is 10.4. The van der Waals surface area contributed by atoms with E-state index in [0.717, 1.165) is 19.5 Å². The number of rotatable bonds is 3. The molecule has 0 radical (unpaired) electrons. The molecule has 92 valence electrons. The van der Waals surface area contributed by atoms with Gasteiger partial charge in [-0.1, -0.05) is 13.8 Å². The van der Waals surface area contributed by atoms with E-state index in [2.05, 4.69) is 24.1 Å². The molecule has 0 bridgehead atoms. The quantitative estimate of drug-likeness (QED) is 0.776. The van der Waals surface area contributed by atoms with E-state index in [9.17, 15) is 4.79 Å². The van der Waals surface area contributed by atoms with Gasteiger partial charge in [0.25, 0.3) is 0 Å². The van der Waals surface area contributed by atoms with Crippen molar-refractivity contribution < 1.29 is 4.79 Å². The van der Waals surface area contributed by atoms with Crippen LogP contribution in [0.2, 0.25) is 0 Å². The number of nitrogens with zero attached hydrogens (tertiary/aromatic N) is 1. The number of hydrogen-bond donors (Lipinski definition) is 2. The lowest BCUT2D eigenvalue weighted by Gasteiger charge is -2.31. The number of nitrogen functional groups attached to an aromatic ring is 1. The van der Waals surface area contributed by atoms with Gasteiger partial charge in [-0.05, 0) is 31.0 Å². The van der Waals surface area contributed by atoms with E-state index in [-0.39, 0.29) is 11.2 Å². The Kier molecular flexibility index (Phi) is 3.15. The number of Topliss-reactive ketones (excluding diaryl/α,β-unsaturated/α-hetero) is 1. The summed E-state index contributed by atoms with van der Waals surface area (Å²) >= 11 is 0. The number of aromatic nitrogens is 1. The molecule has 2 rings (SSSR count). The average Bonchev–Trinajstić information content (AvgIpc) is 2.79. The Balaban J connectivity index is 2.39. The van der Waals surface area contributed by atoms with Gasteiger partial charge in [-0.3, -0.25) is 4.79 Å². The Hall–Kier alpha value is -1.42. The van der Waals surface area contributed by atoms with Crippen LogP contribution in [-0.2, 0) is 0 Å². The number of hydrogen-bond acceptors (Lipinski definition) is 4. The zero-order valence-corrected chi connectivity index (χ0v) is 10.4. The van der Waals surface area contributed by atoms with Crippen LogP contribution in [-0.4, -0.2) is 23.9 Å². The number of nitrogens with two attached hydrogens (primary N) is 1. The third-order valence-electron chi connectivity index (χ3n) is 3.83. The van der Waals surface area contributed by atoms with Crippen molar-refractivity contribution in [1.82, 2.24) is 10.3 Å². The van der Waals surface area contributed by atoms with E-state index in [1.165, 1.54) is 0 Å². The fourth-order valence-corrected chi connectivity index (χ4v) is 2.54. The van der Waals surface area contributed by atoms with Crippen molar-refractivity contribution >= 4 is 11.6 Å². The van der Waals surface area contributed by atoms with Gasteiger partial charge in [0, 0.05) is 18.2 Å². The number of pyridine rings is 1. The molecule has 1 aliphatic heterocycles. The molecular weight excluding hydrogens is 214 g/mol. The highest BCUT2D eigenvalue weighted by Gasteiger charge is 2.44. The first-order valence-electron chi connectivity index (χ1n) is 6.04. The zero-order chi connectivity index (χ0) is 12.5. The molecule has 17 heavy (non-hydrogen) atoms. The maximum absolute atomic E-state index is 12.7. The third-order valence-corrected chi connectivity index (χ3v) is 3.83. The van der Waals surface area contributed by atoms with Crippen LogP contribution in [0.4, 0.5) is 5.82 Å². The molecule has 0 saturated carbocycles. The van der Waals surface area contributed by atoms with Crippen molar-refractivity contribution in [1.29, 1.82) is 0 Å². The molecule has 1 aliphatic rings. The topological polar surface area (TPSA) is 68.0 Å². The van der Waals surface area contributed by atoms with Crippen molar-refractivity contribution in [2.75, 3.05) is 18.8 Å². The van der Waals surface area contributed by atoms with Gasteiger partial charge in [0.15, 0.2) is 5.78 Å². The van der Waals surface area contributed by atoms with E-state index < -0.39 is 0 Å². The van der Waals surface area contributed by atoms with Gasteiger partial charge in [0.1, 0.15) is 5.82 Å². The monoisotopic (exact) mass is 233 g/mol. The summed E-state index contributed by atoms with van der Waals surface area (Å²) in [5, 5.41) is 3.28. The summed E-state index contributed by atoms with van der Waals surface area (Å²) < 4.78 is 0. The minimum absolute atomic E-state index is 0.128. The lowest BCUT2D eigenvalue weighted by Crippen LogP contribution is -2.39. The summed E-state index contributed by atoms with van der Waals surface area (Å²) in [6, 6.07) is 3.53. The fourth-order valence-electron chi connectivity index (χ4n) is 2.54. The summed E-state index contributed by atoms with van der Waals surface area (Å²) in [5.74, 6) is 0.761. The van der Waals surface area contributed by atoms with Gasteiger partial charge in [-0.15, -0.1) is 0 Å². The van der Waals surface area contributed by atoms with Crippen LogP contribution >= 0.6 is 0 Å². The van der Waals surface area contributed by atoms with Crippen LogP contribution in [0.15, 0.2) is 18.3 Å². The fraction of sp³-hybridized carbons (Fsp3) is 0.538. The van der Waals surface area contributed by atoms with Crippen molar-refractivity contribution in [3.63, 3.8) is 0 Å². The van der Waals surface area contributed by atoms with Gasteiger partial charge in [0.05, 0.1) is 5.56 Å². The van der Waals surface area contributed by atoms with E-state index >= 15 is 0 Å². The van der Waals surface area contributed by atoms with E-state index in [1.807, 2.05) is 0 Å². The molecule has 1 saturated heterocycles. The molecule has 1 aromatic rings. The molecule has 0 aliphatic carbocycles. The first-order valence-corrected chi connectivity index (χ1v) is 6.04. The standard InChI is InChI=1S/C13H19N3O/c1-9(2)13(5-7-15-8-13)11(17)10-4-3-6-16-12(10)14/h3-4,6,9,15H,5,7-8H2,1-2H3,(H2,14,16). The number of nitrogens with one attached hydrogen (secondary N) is 1. The van der Waals surface area contributed by atoms with E-state index in [4.69, 9.17) is 5.73 Å². The minimum Gasteiger partial charge on any atom is -0.383 e. The van der Waals surface area contributed by atoms with Gasteiger partial charge in [-0.25, -0.2) is 4.98 Å². The lowest BCUT2D eigenvalue weighted by atomic mass is 9.71. The number of carbonyl (C=O) groups excluding carboxylic acids is 1. The molecule has 0 amide bonds. The van der Waals surface area contributed by atoms with Crippen molar-refractivity contribution in [3.8, 4) is 0 Å². The van der Waals surface area contributed by atoms with Crippen molar-refractivity contribution in [3.05, 3.63) is 23.9 Å². The predicted molar refractivity (Wildman–Crippen MR) is 67.7 cm³/mol. The van der Waals surface area contributed by atoms with Gasteiger partial charge in [0.2, 0.25) is 0 Å². The van der Waals surface area contributed by atoms with Crippen molar-refractivity contribution in [2.45, 2.75) is 20.3 Å². The second kappa shape index (κ2) is 4.45. The van der Waals surface area contributed by atoms with Crippen LogP contribution in [0.25, 0.3) is 0 Å². The number of anilines is 1. The minimum atomic E-state index is -0.322. The van der Waals surface area contributed by atoms with Crippen LogP contribution in [0.3, 0.4) is 0 Å². The molecule has 2 heterocycles. The molecule has 1 aromatic heterocycles. The Morgan fingerprint density at radius 1 is 1.59 bits per heavy atom. The average molecular weight is 233 g/mol. The Bertz CT molecular complexity index is 422. The largest absolute Gasteiger partial charge is 0.383 e. The van der Waals surface area contributed by atoms with Gasteiger partial charge >= 0.3 is 0 Å². The van der Waals surface area contributed by atoms with Crippen LogP contribution < -0.4 is 11.1 Å². The smallest absolute Gasteiger partial charge is 0.174 e. The SMILES string of the molecule is CC(C)C1(C(=O)c2cccnc2N)CCNC1. The Labute approximate surface area is 102 Å². The number of carbonyl (C=O) groups is 1. The highest BCUT2D eigenvalue weighted by molar-refractivity contribution is 6.04. The Morgan fingerprint density at radius 2 is 2.35 bits per heavy atom. The van der Waals surface area contributed by atoms with Crippen LogP contribution in [0.5, 0.6) is 0 Å². The second-order valence-electron chi connectivity index (χ2n) is 5.00. The van der Waals surface area contributed by atoms with Crippen molar-refractivity contribution in [2.24, 2.45) is 11.3 Å². The Morgan fingerprint density at radius 3 is 2.88 bits per heavy atom. The van der Waals surface area contributed by atoms with Crippen LogP contribution in [0, 0.1) is 11.3 Å². The third kappa shape index (κ3) is 1.93. The van der Waals surface area contributed by atoms with E-state index in [0.29, 0.717) is 17.3 Å². The predicted octanol–water partition coefficient (Wildman–Crippen LogP) is 1.48. The molecule has 1 unspecified atom stereocenters. The highest BCUT2D eigenvalue weighted by Crippen LogP contribution is 2.38. The van der Waals surface area contributed by atoms with Gasteiger partial charge in [-0.2, -0.15) is 0 Å². The highest BCUT2D eigenvalue weighted by atomic mass is 16.1. The van der Waals surface area contributed by atoms with Gasteiger partial charge < -0.3 is 11.1 Å². The molecule has 0 spiro atoms. The first-order chi connectivity index (χ1) is 8.08. The molecular formula is C13H19N3O. The normalized spacial score (nSPS) is 24.2. The number of ketones is 1. The molecule has 4 heteroatoms. The first kappa shape index (κ1) is 12.0. The summed E-state index contributed by atoms with van der Waals surface area (Å²) in [6.07, 6.45) is 2.49. The summed E-state index contributed by atoms with van der Waals surface area (Å²) in [5.41, 5.74) is 6.03. The van der Waals surface area contributed by atoms with E-state index in [1.54, 1.807) is 18.3 Å². The summed E-state index contributed by atoms with van der Waals surface area (Å²) in [6.45, 7) is 5.82. The molecule has 1 fully saturated rings. The summed E-state index contributed by atoms with van der Waals surface area (Å²) in [4.78, 5) is 16.7. The summed E-state index contributed by atoms with van der Waals surface area (Å²) in [7, 11) is 0. The maximum Gasteiger partial charge on any atom is 0.174 e. The maximum atomic E-state index is 12.7. The second-order valence-corrected chi connectivity index (χ2v) is 5.00. The lowest BCUT2D eigenvalue weighted by molar-refractivity contribution is 0.0740. The molecule has 4 nitrogen and oxygen atoms in total.